The van der Waals surface area contributed by atoms with Crippen LogP contribution in [0.3, 0.4) is 0 Å². The molecule has 0 aliphatic rings. The second-order valence-electron chi connectivity index (χ2n) is 3.51. The Balaban J connectivity index is 2.47. The summed E-state index contributed by atoms with van der Waals surface area (Å²) in [6.07, 6.45) is 1.50. The van der Waals surface area contributed by atoms with Crippen molar-refractivity contribution in [2.24, 2.45) is 5.73 Å². The van der Waals surface area contributed by atoms with Crippen LogP contribution in [0.25, 0.3) is 0 Å². The first-order valence-corrected chi connectivity index (χ1v) is 5.28. The lowest BCUT2D eigenvalue weighted by atomic mass is 10.0. The number of pyridine rings is 1. The lowest BCUT2D eigenvalue weighted by molar-refractivity contribution is 0.575. The maximum absolute atomic E-state index is 13.5. The van der Waals surface area contributed by atoms with Gasteiger partial charge in [-0.25, -0.2) is 8.78 Å². The summed E-state index contributed by atoms with van der Waals surface area (Å²) >= 11 is 5.90. The zero-order chi connectivity index (χ0) is 12.4. The van der Waals surface area contributed by atoms with E-state index in [4.69, 9.17) is 17.3 Å². The molecular weight excluding hydrogens is 246 g/mol. The van der Waals surface area contributed by atoms with Gasteiger partial charge in [0.2, 0.25) is 0 Å². The van der Waals surface area contributed by atoms with Crippen molar-refractivity contribution in [3.8, 4) is 0 Å². The van der Waals surface area contributed by atoms with Crippen molar-refractivity contribution in [3.63, 3.8) is 0 Å². The van der Waals surface area contributed by atoms with Gasteiger partial charge in [0.25, 0.3) is 0 Å². The fourth-order valence-electron chi connectivity index (χ4n) is 1.53. The Hall–Kier alpha value is -1.52. The molecule has 0 amide bonds. The predicted octanol–water partition coefficient (Wildman–Crippen LogP) is 3.06. The Labute approximate surface area is 102 Å². The van der Waals surface area contributed by atoms with Crippen LogP contribution in [0.4, 0.5) is 8.78 Å². The Morgan fingerprint density at radius 1 is 1.24 bits per heavy atom. The van der Waals surface area contributed by atoms with Gasteiger partial charge >= 0.3 is 0 Å². The number of hydrogen-bond donors (Lipinski definition) is 1. The number of aromatic nitrogens is 1. The van der Waals surface area contributed by atoms with Crippen molar-refractivity contribution in [3.05, 3.63) is 64.4 Å². The summed E-state index contributed by atoms with van der Waals surface area (Å²) in [5.74, 6) is -1.13. The highest BCUT2D eigenvalue weighted by atomic mass is 35.5. The van der Waals surface area contributed by atoms with E-state index in [1.54, 1.807) is 12.1 Å². The molecular formula is C12H9ClF2N2. The van der Waals surface area contributed by atoms with Crippen LogP contribution in [-0.4, -0.2) is 4.98 Å². The third kappa shape index (κ3) is 2.43. The van der Waals surface area contributed by atoms with E-state index in [-0.39, 0.29) is 5.56 Å². The van der Waals surface area contributed by atoms with Crippen LogP contribution in [0, 0.1) is 11.6 Å². The summed E-state index contributed by atoms with van der Waals surface area (Å²) in [4.78, 5) is 3.98. The van der Waals surface area contributed by atoms with Gasteiger partial charge in [0, 0.05) is 11.8 Å². The molecule has 2 rings (SSSR count). The molecule has 1 aromatic heterocycles. The largest absolute Gasteiger partial charge is 0.319 e. The van der Waals surface area contributed by atoms with Crippen molar-refractivity contribution in [2.75, 3.05) is 0 Å². The summed E-state index contributed by atoms with van der Waals surface area (Å²) in [6, 6.07) is 5.46. The zero-order valence-corrected chi connectivity index (χ0v) is 9.46. The smallest absolute Gasteiger partial charge is 0.128 e. The third-order valence-electron chi connectivity index (χ3n) is 2.37. The fourth-order valence-corrected chi connectivity index (χ4v) is 1.77. The van der Waals surface area contributed by atoms with E-state index in [1.165, 1.54) is 6.20 Å². The summed E-state index contributed by atoms with van der Waals surface area (Å²) in [5, 5.41) is 0.323. The first-order valence-electron chi connectivity index (χ1n) is 4.90. The summed E-state index contributed by atoms with van der Waals surface area (Å²) in [6.45, 7) is 0. The minimum absolute atomic E-state index is 0.0330. The maximum Gasteiger partial charge on any atom is 0.128 e. The van der Waals surface area contributed by atoms with E-state index >= 15 is 0 Å². The number of rotatable bonds is 2. The lowest BCUT2D eigenvalue weighted by Crippen LogP contribution is -2.16. The fraction of sp³-hybridized carbons (Fsp3) is 0.0833. The molecule has 1 atom stereocenters. The normalized spacial score (nSPS) is 12.5. The van der Waals surface area contributed by atoms with Gasteiger partial charge in [-0.1, -0.05) is 11.6 Å². The second-order valence-corrected chi connectivity index (χ2v) is 3.92. The van der Waals surface area contributed by atoms with Gasteiger partial charge in [0.1, 0.15) is 11.6 Å². The molecule has 5 heteroatoms. The predicted molar refractivity (Wildman–Crippen MR) is 61.6 cm³/mol. The molecule has 1 aromatic carbocycles. The third-order valence-corrected chi connectivity index (χ3v) is 2.69. The molecule has 0 aliphatic heterocycles. The van der Waals surface area contributed by atoms with Gasteiger partial charge in [-0.2, -0.15) is 0 Å². The topological polar surface area (TPSA) is 38.9 Å². The van der Waals surface area contributed by atoms with E-state index in [1.807, 2.05) is 0 Å². The highest BCUT2D eigenvalue weighted by molar-refractivity contribution is 6.31. The first kappa shape index (κ1) is 12.0. The molecule has 0 spiro atoms. The Kier molecular flexibility index (Phi) is 3.36. The van der Waals surface area contributed by atoms with Crippen LogP contribution in [0.1, 0.15) is 17.3 Å². The lowest BCUT2D eigenvalue weighted by Gasteiger charge is -2.13. The monoisotopic (exact) mass is 254 g/mol. The van der Waals surface area contributed by atoms with Gasteiger partial charge in [-0.3, -0.25) is 4.98 Å². The SMILES string of the molecule is NC(c1cc(F)ccc1F)c1ncccc1Cl. The zero-order valence-electron chi connectivity index (χ0n) is 8.70. The second kappa shape index (κ2) is 4.77. The minimum atomic E-state index is -0.889. The van der Waals surface area contributed by atoms with E-state index in [0.29, 0.717) is 10.7 Å². The first-order chi connectivity index (χ1) is 8.09. The van der Waals surface area contributed by atoms with Crippen molar-refractivity contribution in [1.82, 2.24) is 4.98 Å². The van der Waals surface area contributed by atoms with E-state index in [9.17, 15) is 8.78 Å². The van der Waals surface area contributed by atoms with E-state index < -0.39 is 17.7 Å². The Bertz CT molecular complexity index is 546. The number of benzene rings is 1. The van der Waals surface area contributed by atoms with Crippen LogP contribution in [0.5, 0.6) is 0 Å². The molecule has 2 nitrogen and oxygen atoms in total. The van der Waals surface area contributed by atoms with Gasteiger partial charge in [0.15, 0.2) is 0 Å². The molecule has 1 unspecified atom stereocenters. The highest BCUT2D eigenvalue weighted by Crippen LogP contribution is 2.26. The van der Waals surface area contributed by atoms with E-state index in [2.05, 4.69) is 4.98 Å². The molecule has 17 heavy (non-hydrogen) atoms. The molecule has 88 valence electrons. The molecule has 0 saturated heterocycles. The molecule has 2 N–H and O–H groups in total. The molecule has 0 radical (unpaired) electrons. The molecule has 0 bridgehead atoms. The quantitative estimate of drug-likeness (QED) is 0.895. The van der Waals surface area contributed by atoms with Crippen LogP contribution in [0.15, 0.2) is 36.5 Å². The number of nitrogens with two attached hydrogens (primary N) is 1. The van der Waals surface area contributed by atoms with Crippen LogP contribution < -0.4 is 5.73 Å². The molecule has 0 aliphatic carbocycles. The minimum Gasteiger partial charge on any atom is -0.319 e. The average Bonchev–Trinajstić information content (AvgIpc) is 2.32. The van der Waals surface area contributed by atoms with Crippen molar-refractivity contribution >= 4 is 11.6 Å². The van der Waals surface area contributed by atoms with Gasteiger partial charge in [-0.05, 0) is 30.3 Å². The standard InChI is InChI=1S/C12H9ClF2N2/c13-9-2-1-5-17-12(9)11(16)8-6-7(14)3-4-10(8)15/h1-6,11H,16H2. The molecule has 2 aromatic rings. The summed E-state index contributed by atoms with van der Waals surface area (Å²) < 4.78 is 26.6. The van der Waals surface area contributed by atoms with Gasteiger partial charge < -0.3 is 5.73 Å². The number of hydrogen-bond acceptors (Lipinski definition) is 2. The average molecular weight is 255 g/mol. The molecule has 1 heterocycles. The van der Waals surface area contributed by atoms with Crippen molar-refractivity contribution < 1.29 is 8.78 Å². The highest BCUT2D eigenvalue weighted by Gasteiger charge is 2.18. The number of halogens is 3. The molecule has 0 fully saturated rings. The van der Waals surface area contributed by atoms with Crippen LogP contribution in [-0.2, 0) is 0 Å². The summed E-state index contributed by atoms with van der Waals surface area (Å²) in [5.41, 5.74) is 6.18. The Morgan fingerprint density at radius 3 is 2.71 bits per heavy atom. The summed E-state index contributed by atoms with van der Waals surface area (Å²) in [7, 11) is 0. The van der Waals surface area contributed by atoms with Crippen molar-refractivity contribution in [1.29, 1.82) is 0 Å². The maximum atomic E-state index is 13.5. The van der Waals surface area contributed by atoms with Gasteiger partial charge in [-0.15, -0.1) is 0 Å². The van der Waals surface area contributed by atoms with Crippen LogP contribution in [0.2, 0.25) is 5.02 Å². The number of nitrogens with zero attached hydrogens (tertiary/aromatic N) is 1. The Morgan fingerprint density at radius 2 is 2.00 bits per heavy atom. The van der Waals surface area contributed by atoms with Gasteiger partial charge in [0.05, 0.1) is 16.8 Å². The van der Waals surface area contributed by atoms with E-state index in [0.717, 1.165) is 18.2 Å². The van der Waals surface area contributed by atoms with Crippen molar-refractivity contribution in [2.45, 2.75) is 6.04 Å². The molecule has 0 saturated carbocycles. The van der Waals surface area contributed by atoms with Crippen LogP contribution >= 0.6 is 11.6 Å².